The topological polar surface area (TPSA) is 81.7 Å². The third-order valence-electron chi connectivity index (χ3n) is 2.64. The van der Waals surface area contributed by atoms with Crippen LogP contribution in [-0.2, 0) is 6.54 Å². The van der Waals surface area contributed by atoms with Crippen molar-refractivity contribution in [3.05, 3.63) is 23.7 Å². The molecular weight excluding hydrogens is 254 g/mol. The summed E-state index contributed by atoms with van der Waals surface area (Å²) in [5, 5.41) is 4.25. The van der Waals surface area contributed by atoms with Gasteiger partial charge in [0.05, 0.1) is 11.4 Å². The van der Waals surface area contributed by atoms with Gasteiger partial charge in [0, 0.05) is 18.3 Å². The quantitative estimate of drug-likeness (QED) is 0.653. The Bertz CT molecular complexity index is 581. The predicted molar refractivity (Wildman–Crippen MR) is 66.4 cm³/mol. The van der Waals surface area contributed by atoms with E-state index in [4.69, 9.17) is 5.84 Å². The van der Waals surface area contributed by atoms with Gasteiger partial charge in [-0.3, -0.25) is 10.1 Å². The van der Waals surface area contributed by atoms with Gasteiger partial charge in [-0.05, 0) is 19.9 Å². The number of nitrogen functional groups attached to an aromatic ring is 1. The lowest BCUT2D eigenvalue weighted by atomic mass is 10.1. The van der Waals surface area contributed by atoms with Crippen LogP contribution in [0.25, 0.3) is 11.3 Å². The van der Waals surface area contributed by atoms with Gasteiger partial charge in [0.25, 0.3) is 6.43 Å². The lowest BCUT2D eigenvalue weighted by molar-refractivity contribution is 0.146. The van der Waals surface area contributed by atoms with Crippen LogP contribution in [0, 0.1) is 6.92 Å². The minimum absolute atomic E-state index is 0.0450. The van der Waals surface area contributed by atoms with Crippen molar-refractivity contribution >= 4 is 5.95 Å². The van der Waals surface area contributed by atoms with Crippen LogP contribution >= 0.6 is 0 Å². The first-order valence-corrected chi connectivity index (χ1v) is 5.73. The number of nitrogens with one attached hydrogen (secondary N) is 1. The maximum absolute atomic E-state index is 12.8. The molecule has 0 bridgehead atoms. The average Bonchev–Trinajstić information content (AvgIpc) is 2.79. The molecule has 0 spiro atoms. The van der Waals surface area contributed by atoms with Crippen LogP contribution in [0.4, 0.5) is 14.7 Å². The molecule has 3 N–H and O–H groups in total. The number of alkyl halides is 2. The third-order valence-corrected chi connectivity index (χ3v) is 2.64. The smallest absolute Gasteiger partial charge is 0.280 e. The number of anilines is 1. The molecule has 2 aromatic heterocycles. The van der Waals surface area contributed by atoms with Crippen molar-refractivity contribution in [2.24, 2.45) is 5.84 Å². The van der Waals surface area contributed by atoms with Crippen LogP contribution in [0.3, 0.4) is 0 Å². The summed E-state index contributed by atoms with van der Waals surface area (Å²) in [4.78, 5) is 7.69. The van der Waals surface area contributed by atoms with Crippen LogP contribution in [0.5, 0.6) is 0 Å². The van der Waals surface area contributed by atoms with Gasteiger partial charge < -0.3 is 0 Å². The number of hydrogen-bond acceptors (Lipinski definition) is 5. The highest BCUT2D eigenvalue weighted by molar-refractivity contribution is 5.62. The van der Waals surface area contributed by atoms with Gasteiger partial charge in [0.15, 0.2) is 0 Å². The lowest BCUT2D eigenvalue weighted by Crippen LogP contribution is -2.12. The fraction of sp³-hybridized carbons (Fsp3) is 0.364. The highest BCUT2D eigenvalue weighted by atomic mass is 19.3. The molecule has 6 nitrogen and oxygen atoms in total. The molecule has 0 aromatic carbocycles. The summed E-state index contributed by atoms with van der Waals surface area (Å²) in [6.07, 6.45) is -0.928. The average molecular weight is 268 g/mol. The van der Waals surface area contributed by atoms with E-state index in [2.05, 4.69) is 20.5 Å². The summed E-state index contributed by atoms with van der Waals surface area (Å²) >= 11 is 0. The van der Waals surface area contributed by atoms with Gasteiger partial charge in [-0.1, -0.05) is 0 Å². The molecule has 8 heteroatoms. The third kappa shape index (κ3) is 2.68. The first kappa shape index (κ1) is 13.3. The molecule has 0 radical (unpaired) electrons. The molecule has 0 aliphatic carbocycles. The van der Waals surface area contributed by atoms with Crippen LogP contribution in [0.15, 0.2) is 12.3 Å². The second-order valence-corrected chi connectivity index (χ2v) is 3.93. The Morgan fingerprint density at radius 1 is 1.42 bits per heavy atom. The number of rotatable bonds is 4. The van der Waals surface area contributed by atoms with Gasteiger partial charge in [-0.2, -0.15) is 5.10 Å². The molecule has 0 saturated carbocycles. The van der Waals surface area contributed by atoms with E-state index >= 15 is 0 Å². The highest BCUT2D eigenvalue weighted by Crippen LogP contribution is 2.26. The van der Waals surface area contributed by atoms with E-state index in [0.717, 1.165) is 0 Å². The van der Waals surface area contributed by atoms with Crippen molar-refractivity contribution in [2.75, 3.05) is 5.43 Å². The predicted octanol–water partition coefficient (Wildman–Crippen LogP) is 1.89. The number of nitrogens with zero attached hydrogens (tertiary/aromatic N) is 4. The fourth-order valence-corrected chi connectivity index (χ4v) is 1.71. The summed E-state index contributed by atoms with van der Waals surface area (Å²) in [5.41, 5.74) is 3.58. The van der Waals surface area contributed by atoms with Crippen molar-refractivity contribution in [3.63, 3.8) is 0 Å². The lowest BCUT2D eigenvalue weighted by Gasteiger charge is -2.06. The van der Waals surface area contributed by atoms with Crippen LogP contribution in [-0.4, -0.2) is 19.7 Å². The number of hydrogen-bond donors (Lipinski definition) is 2. The fourth-order valence-electron chi connectivity index (χ4n) is 1.71. The van der Waals surface area contributed by atoms with Crippen LogP contribution in [0.2, 0.25) is 0 Å². The molecule has 0 amide bonds. The molecular formula is C11H14F2N6. The molecule has 2 rings (SSSR count). The molecule has 0 unspecified atom stereocenters. The number of halogens is 2. The molecule has 102 valence electrons. The zero-order valence-electron chi connectivity index (χ0n) is 10.6. The Hall–Kier alpha value is -2.09. The van der Waals surface area contributed by atoms with Crippen molar-refractivity contribution < 1.29 is 8.78 Å². The minimum atomic E-state index is -2.68. The van der Waals surface area contributed by atoms with Gasteiger partial charge in [-0.15, -0.1) is 0 Å². The summed E-state index contributed by atoms with van der Waals surface area (Å²) in [6.45, 7) is 4.42. The zero-order valence-corrected chi connectivity index (χ0v) is 10.6. The number of hydrazine groups is 1. The summed E-state index contributed by atoms with van der Waals surface area (Å²) < 4.78 is 27.3. The largest absolute Gasteiger partial charge is 0.292 e. The minimum Gasteiger partial charge on any atom is -0.292 e. The Morgan fingerprint density at radius 3 is 2.68 bits per heavy atom. The molecule has 0 aliphatic rings. The Morgan fingerprint density at radius 2 is 2.16 bits per heavy atom. The Kier molecular flexibility index (Phi) is 3.70. The van der Waals surface area contributed by atoms with Crippen LogP contribution in [0.1, 0.15) is 24.7 Å². The SMILES string of the molecule is CCn1cc(-c2cc(C(F)F)nc(NN)n2)c(C)n1. The standard InChI is InChI=1S/C11H14F2N6/c1-3-19-5-7(6(2)18-19)8-4-9(10(12)13)16-11(15-8)17-14/h4-5,10H,3,14H2,1-2H3,(H,15,16,17). The molecule has 2 heterocycles. The molecule has 2 aromatic rings. The van der Waals surface area contributed by atoms with Crippen LogP contribution < -0.4 is 11.3 Å². The van der Waals surface area contributed by atoms with E-state index in [1.807, 2.05) is 6.92 Å². The summed E-state index contributed by atoms with van der Waals surface area (Å²) in [6, 6.07) is 1.25. The zero-order chi connectivity index (χ0) is 14.0. The molecule has 0 atom stereocenters. The normalized spacial score (nSPS) is 11.1. The monoisotopic (exact) mass is 268 g/mol. The second-order valence-electron chi connectivity index (χ2n) is 3.93. The first-order valence-electron chi connectivity index (χ1n) is 5.73. The van der Waals surface area contributed by atoms with E-state index in [-0.39, 0.29) is 11.6 Å². The number of nitrogens with two attached hydrogens (primary N) is 1. The molecule has 0 fully saturated rings. The van der Waals surface area contributed by atoms with Crippen molar-refractivity contribution in [3.8, 4) is 11.3 Å². The highest BCUT2D eigenvalue weighted by Gasteiger charge is 2.16. The number of aryl methyl sites for hydroxylation is 2. The number of aromatic nitrogens is 4. The van der Waals surface area contributed by atoms with Crippen molar-refractivity contribution in [1.82, 2.24) is 19.7 Å². The van der Waals surface area contributed by atoms with E-state index in [9.17, 15) is 8.78 Å². The van der Waals surface area contributed by atoms with E-state index < -0.39 is 6.43 Å². The summed E-state index contributed by atoms with van der Waals surface area (Å²) in [7, 11) is 0. The maximum atomic E-state index is 12.8. The second kappa shape index (κ2) is 5.27. The van der Waals surface area contributed by atoms with E-state index in [1.165, 1.54) is 6.07 Å². The van der Waals surface area contributed by atoms with Gasteiger partial charge >= 0.3 is 0 Å². The van der Waals surface area contributed by atoms with Gasteiger partial charge in [0.2, 0.25) is 5.95 Å². The van der Waals surface area contributed by atoms with E-state index in [0.29, 0.717) is 23.5 Å². The van der Waals surface area contributed by atoms with Gasteiger partial charge in [-0.25, -0.2) is 24.6 Å². The van der Waals surface area contributed by atoms with Crippen molar-refractivity contribution in [2.45, 2.75) is 26.8 Å². The molecule has 0 saturated heterocycles. The summed E-state index contributed by atoms with van der Waals surface area (Å²) in [5.74, 6) is 5.15. The molecule has 19 heavy (non-hydrogen) atoms. The van der Waals surface area contributed by atoms with Gasteiger partial charge in [0.1, 0.15) is 5.69 Å². The van der Waals surface area contributed by atoms with Crippen molar-refractivity contribution in [1.29, 1.82) is 0 Å². The Labute approximate surface area is 108 Å². The first-order chi connectivity index (χ1) is 9.05. The molecule has 0 aliphatic heterocycles. The maximum Gasteiger partial charge on any atom is 0.280 e. The van der Waals surface area contributed by atoms with E-state index in [1.54, 1.807) is 17.8 Å². The Balaban J connectivity index is 2.53.